The van der Waals surface area contributed by atoms with Gasteiger partial charge in [-0.15, -0.1) is 0 Å². The third kappa shape index (κ3) is 7.28. The fraction of sp³-hybridized carbons (Fsp3) is 0.192. The largest absolute Gasteiger partial charge is 0.488 e. The van der Waals surface area contributed by atoms with E-state index in [0.29, 0.717) is 21.4 Å². The van der Waals surface area contributed by atoms with Crippen LogP contribution in [0.5, 0.6) is 5.75 Å². The van der Waals surface area contributed by atoms with Crippen LogP contribution >= 0.6 is 23.2 Å². The Morgan fingerprint density at radius 3 is 2.49 bits per heavy atom. The maximum Gasteiger partial charge on any atom is 0.262 e. The predicted octanol–water partition coefficient (Wildman–Crippen LogP) is 5.62. The zero-order chi connectivity index (χ0) is 25.4. The van der Waals surface area contributed by atoms with E-state index in [1.54, 1.807) is 56.3 Å². The van der Waals surface area contributed by atoms with E-state index in [9.17, 15) is 14.0 Å². The molecule has 3 rings (SSSR count). The third-order valence-corrected chi connectivity index (χ3v) is 5.64. The van der Waals surface area contributed by atoms with E-state index in [1.807, 2.05) is 6.07 Å². The number of halogens is 3. The molecule has 35 heavy (non-hydrogen) atoms. The van der Waals surface area contributed by atoms with Gasteiger partial charge < -0.3 is 10.1 Å². The van der Waals surface area contributed by atoms with Crippen molar-refractivity contribution in [2.24, 2.45) is 11.0 Å². The van der Waals surface area contributed by atoms with Crippen LogP contribution in [-0.2, 0) is 11.4 Å². The number of ether oxygens (including phenoxy) is 1. The van der Waals surface area contributed by atoms with Crippen molar-refractivity contribution in [1.82, 2.24) is 10.7 Å². The van der Waals surface area contributed by atoms with Crippen LogP contribution in [0.25, 0.3) is 0 Å². The first-order valence-electron chi connectivity index (χ1n) is 10.8. The van der Waals surface area contributed by atoms with Crippen molar-refractivity contribution in [3.8, 4) is 5.75 Å². The van der Waals surface area contributed by atoms with Crippen molar-refractivity contribution in [3.63, 3.8) is 0 Å². The molecule has 0 heterocycles. The molecule has 0 bridgehead atoms. The first kappa shape index (κ1) is 26.2. The molecule has 2 N–H and O–H groups in total. The number of benzene rings is 3. The molecule has 0 aliphatic carbocycles. The van der Waals surface area contributed by atoms with Crippen LogP contribution in [0.3, 0.4) is 0 Å². The Morgan fingerprint density at radius 1 is 1.06 bits per heavy atom. The number of rotatable bonds is 9. The lowest BCUT2D eigenvalue weighted by Crippen LogP contribution is -2.48. The quantitative estimate of drug-likeness (QED) is 0.286. The highest BCUT2D eigenvalue weighted by molar-refractivity contribution is 6.35. The van der Waals surface area contributed by atoms with Gasteiger partial charge in [-0.05, 0) is 42.3 Å². The number of carbonyl (C=O) groups is 2. The number of para-hydroxylation sites is 1. The number of amides is 2. The second-order valence-corrected chi connectivity index (χ2v) is 8.82. The zero-order valence-corrected chi connectivity index (χ0v) is 20.6. The highest BCUT2D eigenvalue weighted by atomic mass is 35.5. The van der Waals surface area contributed by atoms with Crippen molar-refractivity contribution >= 4 is 41.2 Å². The van der Waals surface area contributed by atoms with Crippen LogP contribution in [0.1, 0.15) is 35.3 Å². The Hall–Kier alpha value is -3.42. The molecule has 0 aliphatic rings. The summed E-state index contributed by atoms with van der Waals surface area (Å²) in [6, 6.07) is 16.9. The molecule has 3 aromatic carbocycles. The molecule has 6 nitrogen and oxygen atoms in total. The summed E-state index contributed by atoms with van der Waals surface area (Å²) in [6.45, 7) is 3.74. The lowest BCUT2D eigenvalue weighted by Gasteiger charge is -2.20. The number of nitrogens with one attached hydrogen (secondary N) is 2. The molecule has 0 radical (unpaired) electrons. The van der Waals surface area contributed by atoms with Gasteiger partial charge in [0.05, 0.1) is 11.8 Å². The summed E-state index contributed by atoms with van der Waals surface area (Å²) in [5, 5.41) is 7.61. The number of carbonyl (C=O) groups excluding carboxylic acids is 2. The Kier molecular flexibility index (Phi) is 9.23. The molecule has 1 atom stereocenters. The van der Waals surface area contributed by atoms with Crippen molar-refractivity contribution in [3.05, 3.63) is 99.3 Å². The second kappa shape index (κ2) is 12.3. The maximum absolute atomic E-state index is 13.9. The summed E-state index contributed by atoms with van der Waals surface area (Å²) in [4.78, 5) is 25.2. The number of hydrazone groups is 1. The summed E-state index contributed by atoms with van der Waals surface area (Å²) in [6.07, 6.45) is 1.44. The van der Waals surface area contributed by atoms with Crippen LogP contribution in [0, 0.1) is 11.7 Å². The minimum atomic E-state index is -0.919. The SMILES string of the molecule is CC(C)C(NC(=O)c1ccccc1F)C(=O)N/N=C/c1ccccc1OCc1ccc(Cl)cc1Cl. The van der Waals surface area contributed by atoms with Gasteiger partial charge >= 0.3 is 0 Å². The summed E-state index contributed by atoms with van der Waals surface area (Å²) in [5.74, 6) is -1.61. The smallest absolute Gasteiger partial charge is 0.262 e. The van der Waals surface area contributed by atoms with Crippen molar-refractivity contribution in [2.45, 2.75) is 26.5 Å². The van der Waals surface area contributed by atoms with Crippen molar-refractivity contribution in [2.75, 3.05) is 0 Å². The maximum atomic E-state index is 13.9. The lowest BCUT2D eigenvalue weighted by atomic mass is 10.0. The fourth-order valence-electron chi connectivity index (χ4n) is 3.15. The molecule has 2 amide bonds. The standard InChI is InChI=1S/C26H24Cl2FN3O3/c1-16(2)24(31-25(33)20-8-4-5-9-22(20)29)26(34)32-30-14-17-7-3-6-10-23(17)35-15-18-11-12-19(27)13-21(18)28/h3-14,16,24H,15H2,1-2H3,(H,31,33)(H,32,34)/b30-14+. The topological polar surface area (TPSA) is 79.8 Å². The van der Waals surface area contributed by atoms with Gasteiger partial charge in [0, 0.05) is 21.2 Å². The average molecular weight is 516 g/mol. The molecule has 0 fully saturated rings. The Labute approximate surface area is 213 Å². The van der Waals surface area contributed by atoms with E-state index in [0.717, 1.165) is 5.56 Å². The van der Waals surface area contributed by atoms with Gasteiger partial charge in [0.25, 0.3) is 11.8 Å². The second-order valence-electron chi connectivity index (χ2n) is 7.97. The zero-order valence-electron chi connectivity index (χ0n) is 19.1. The highest BCUT2D eigenvalue weighted by Crippen LogP contribution is 2.24. The summed E-state index contributed by atoms with van der Waals surface area (Å²) < 4.78 is 19.8. The number of nitrogens with zero attached hydrogens (tertiary/aromatic N) is 1. The molecular weight excluding hydrogens is 492 g/mol. The third-order valence-electron chi connectivity index (χ3n) is 5.05. The molecule has 0 aliphatic heterocycles. The molecule has 0 aromatic heterocycles. The molecule has 0 spiro atoms. The molecule has 3 aromatic rings. The first-order chi connectivity index (χ1) is 16.8. The minimum Gasteiger partial charge on any atom is -0.488 e. The van der Waals surface area contributed by atoms with Gasteiger partial charge in [0.1, 0.15) is 24.2 Å². The van der Waals surface area contributed by atoms with E-state index in [-0.39, 0.29) is 18.1 Å². The minimum absolute atomic E-state index is 0.138. The average Bonchev–Trinajstić information content (AvgIpc) is 2.82. The lowest BCUT2D eigenvalue weighted by molar-refractivity contribution is -0.123. The Morgan fingerprint density at radius 2 is 1.77 bits per heavy atom. The molecule has 0 saturated heterocycles. The molecular formula is C26H24Cl2FN3O3. The van der Waals surface area contributed by atoms with Crippen LogP contribution in [0.4, 0.5) is 4.39 Å². The number of hydrogen-bond donors (Lipinski definition) is 2. The molecule has 182 valence electrons. The molecule has 9 heteroatoms. The van der Waals surface area contributed by atoms with Crippen LogP contribution in [-0.4, -0.2) is 24.1 Å². The Balaban J connectivity index is 1.64. The van der Waals surface area contributed by atoms with E-state index in [2.05, 4.69) is 15.8 Å². The molecule has 0 saturated carbocycles. The van der Waals surface area contributed by atoms with Crippen molar-refractivity contribution in [1.29, 1.82) is 0 Å². The fourth-order valence-corrected chi connectivity index (χ4v) is 3.61. The van der Waals surface area contributed by atoms with Crippen LogP contribution in [0.2, 0.25) is 10.0 Å². The van der Waals surface area contributed by atoms with Gasteiger partial charge in [-0.1, -0.05) is 67.4 Å². The number of hydrogen-bond acceptors (Lipinski definition) is 4. The Bertz CT molecular complexity index is 1230. The van der Waals surface area contributed by atoms with E-state index in [4.69, 9.17) is 27.9 Å². The van der Waals surface area contributed by atoms with E-state index < -0.39 is 23.7 Å². The van der Waals surface area contributed by atoms with E-state index in [1.165, 1.54) is 24.4 Å². The van der Waals surface area contributed by atoms with Gasteiger partial charge in [0.15, 0.2) is 0 Å². The van der Waals surface area contributed by atoms with Gasteiger partial charge in [-0.25, -0.2) is 9.82 Å². The first-order valence-corrected chi connectivity index (χ1v) is 11.6. The summed E-state index contributed by atoms with van der Waals surface area (Å²) in [7, 11) is 0. The van der Waals surface area contributed by atoms with Gasteiger partial charge in [0.2, 0.25) is 0 Å². The summed E-state index contributed by atoms with van der Waals surface area (Å²) in [5.41, 5.74) is 3.68. The van der Waals surface area contributed by atoms with Gasteiger partial charge in [-0.3, -0.25) is 9.59 Å². The van der Waals surface area contributed by atoms with Crippen molar-refractivity contribution < 1.29 is 18.7 Å². The van der Waals surface area contributed by atoms with Crippen LogP contribution < -0.4 is 15.5 Å². The highest BCUT2D eigenvalue weighted by Gasteiger charge is 2.25. The predicted molar refractivity (Wildman–Crippen MR) is 135 cm³/mol. The summed E-state index contributed by atoms with van der Waals surface area (Å²) >= 11 is 12.1. The monoisotopic (exact) mass is 515 g/mol. The van der Waals surface area contributed by atoms with Gasteiger partial charge in [-0.2, -0.15) is 5.10 Å². The normalized spacial score (nSPS) is 11.9. The van der Waals surface area contributed by atoms with Crippen LogP contribution in [0.15, 0.2) is 71.8 Å². The molecule has 1 unspecified atom stereocenters. The van der Waals surface area contributed by atoms with E-state index >= 15 is 0 Å².